The quantitative estimate of drug-likeness (QED) is 0.389. The summed E-state index contributed by atoms with van der Waals surface area (Å²) in [7, 11) is 0. The molecule has 0 spiro atoms. The van der Waals surface area contributed by atoms with Crippen molar-refractivity contribution < 1.29 is 41.9 Å². The van der Waals surface area contributed by atoms with E-state index in [0.29, 0.717) is 0 Å². The molecule has 0 aromatic heterocycles. The molecule has 1 N–H and O–H groups in total. The summed E-state index contributed by atoms with van der Waals surface area (Å²) in [5.41, 5.74) is 0. The minimum atomic E-state index is 0. The molecule has 0 aliphatic carbocycles. The van der Waals surface area contributed by atoms with E-state index in [0.717, 1.165) is 0 Å². The summed E-state index contributed by atoms with van der Waals surface area (Å²) in [6, 6.07) is 0. The monoisotopic (exact) mass is 204 g/mol. The van der Waals surface area contributed by atoms with Crippen LogP contribution in [0.4, 0.5) is 0 Å². The molecule has 1 nitrogen and oxygen atoms in total. The van der Waals surface area contributed by atoms with Gasteiger partial charge in [0.05, 0.1) is 0 Å². The Balaban J connectivity index is -0.0000000833. The van der Waals surface area contributed by atoms with E-state index >= 15 is 0 Å². The Kier molecular flexibility index (Phi) is 21.9. The van der Waals surface area contributed by atoms with E-state index in [1.54, 1.807) is 0 Å². The standard InChI is InChI=1S/C4H9N.2ClH.Cu/c1-2-4-5-3-1;;;/h5H,1-4H2;2*1H;/q;;;+2/p-2. The molecule has 0 amide bonds. The van der Waals surface area contributed by atoms with Crippen LogP contribution < -0.4 is 30.1 Å². The number of hydrogen-bond acceptors (Lipinski definition) is 1. The van der Waals surface area contributed by atoms with Gasteiger partial charge in [-0.25, -0.2) is 0 Å². The van der Waals surface area contributed by atoms with Crippen molar-refractivity contribution in [3.05, 3.63) is 0 Å². The molecular weight excluding hydrogens is 197 g/mol. The molecule has 0 unspecified atom stereocenters. The maximum Gasteiger partial charge on any atom is 2.00 e. The molecule has 8 heavy (non-hydrogen) atoms. The summed E-state index contributed by atoms with van der Waals surface area (Å²) >= 11 is 0. The fourth-order valence-corrected chi connectivity index (χ4v) is 0.625. The van der Waals surface area contributed by atoms with Crippen LogP contribution in [0.1, 0.15) is 12.8 Å². The van der Waals surface area contributed by atoms with E-state index in [4.69, 9.17) is 0 Å². The van der Waals surface area contributed by atoms with Gasteiger partial charge in [0.2, 0.25) is 0 Å². The average molecular weight is 206 g/mol. The molecule has 1 heterocycles. The van der Waals surface area contributed by atoms with E-state index < -0.39 is 0 Å². The number of hydrogen-bond donors (Lipinski definition) is 1. The fourth-order valence-electron chi connectivity index (χ4n) is 0.625. The second kappa shape index (κ2) is 10.9. The van der Waals surface area contributed by atoms with Gasteiger partial charge < -0.3 is 30.1 Å². The van der Waals surface area contributed by atoms with Crippen molar-refractivity contribution in [1.82, 2.24) is 5.32 Å². The molecule has 0 saturated carbocycles. The number of nitrogens with one attached hydrogen (secondary N) is 1. The molecule has 1 radical (unpaired) electrons. The van der Waals surface area contributed by atoms with E-state index in [-0.39, 0.29) is 41.9 Å². The first-order valence-corrected chi connectivity index (χ1v) is 2.21. The van der Waals surface area contributed by atoms with Crippen LogP contribution in [-0.2, 0) is 17.1 Å². The minimum absolute atomic E-state index is 0. The summed E-state index contributed by atoms with van der Waals surface area (Å²) in [5, 5.41) is 3.22. The third-order valence-electron chi connectivity index (χ3n) is 0.957. The van der Waals surface area contributed by atoms with Gasteiger partial charge in [0.25, 0.3) is 0 Å². The Bertz CT molecular complexity index is 25.6. The number of halogens is 2. The summed E-state index contributed by atoms with van der Waals surface area (Å²) < 4.78 is 0. The minimum Gasteiger partial charge on any atom is -1.00 e. The molecule has 0 aromatic carbocycles. The predicted octanol–water partition coefficient (Wildman–Crippen LogP) is -5.62. The third kappa shape index (κ3) is 7.06. The van der Waals surface area contributed by atoms with Crippen molar-refractivity contribution in [2.75, 3.05) is 13.1 Å². The van der Waals surface area contributed by atoms with E-state index in [1.165, 1.54) is 25.9 Å². The van der Waals surface area contributed by atoms with E-state index in [2.05, 4.69) is 5.32 Å². The van der Waals surface area contributed by atoms with Crippen LogP contribution in [0.2, 0.25) is 0 Å². The summed E-state index contributed by atoms with van der Waals surface area (Å²) in [5.74, 6) is 0. The summed E-state index contributed by atoms with van der Waals surface area (Å²) in [4.78, 5) is 0. The third-order valence-corrected chi connectivity index (χ3v) is 0.957. The largest absolute Gasteiger partial charge is 2.00 e. The molecule has 1 rings (SSSR count). The van der Waals surface area contributed by atoms with Gasteiger partial charge in [0, 0.05) is 0 Å². The molecule has 0 bridgehead atoms. The van der Waals surface area contributed by atoms with Crippen molar-refractivity contribution in [2.45, 2.75) is 12.8 Å². The Morgan fingerprint density at radius 1 is 0.875 bits per heavy atom. The SMILES string of the molecule is C1CCNC1.[Cl-].[Cl-].[Cu+2]. The van der Waals surface area contributed by atoms with Crippen molar-refractivity contribution in [3.8, 4) is 0 Å². The Labute approximate surface area is 73.3 Å². The van der Waals surface area contributed by atoms with Gasteiger partial charge in [-0.2, -0.15) is 0 Å². The smallest absolute Gasteiger partial charge is 1.00 e. The maximum atomic E-state index is 3.22. The van der Waals surface area contributed by atoms with Crippen LogP contribution in [0.3, 0.4) is 0 Å². The van der Waals surface area contributed by atoms with Gasteiger partial charge in [-0.3, -0.25) is 0 Å². The van der Waals surface area contributed by atoms with Crippen LogP contribution >= 0.6 is 0 Å². The second-order valence-corrected chi connectivity index (χ2v) is 1.46. The molecule has 0 atom stereocenters. The van der Waals surface area contributed by atoms with Gasteiger partial charge in [-0.05, 0) is 25.9 Å². The van der Waals surface area contributed by atoms with Gasteiger partial charge in [0.1, 0.15) is 0 Å². The van der Waals surface area contributed by atoms with Crippen molar-refractivity contribution in [1.29, 1.82) is 0 Å². The van der Waals surface area contributed by atoms with Crippen LogP contribution in [0.25, 0.3) is 0 Å². The van der Waals surface area contributed by atoms with E-state index in [9.17, 15) is 0 Å². The molecule has 1 aliphatic rings. The van der Waals surface area contributed by atoms with Gasteiger partial charge in [-0.1, -0.05) is 0 Å². The van der Waals surface area contributed by atoms with Crippen molar-refractivity contribution in [2.24, 2.45) is 0 Å². The first-order chi connectivity index (χ1) is 2.50. The van der Waals surface area contributed by atoms with Gasteiger partial charge in [-0.15, -0.1) is 0 Å². The molecule has 1 saturated heterocycles. The fraction of sp³-hybridized carbons (Fsp3) is 1.00. The molecule has 1 aliphatic heterocycles. The number of rotatable bonds is 0. The zero-order chi connectivity index (χ0) is 3.54. The first-order valence-electron chi connectivity index (χ1n) is 2.21. The van der Waals surface area contributed by atoms with E-state index in [1.807, 2.05) is 0 Å². The second-order valence-electron chi connectivity index (χ2n) is 1.46. The average Bonchev–Trinajstić information content (AvgIpc) is 1.76. The molecule has 55 valence electrons. The van der Waals surface area contributed by atoms with Crippen LogP contribution in [0, 0.1) is 0 Å². The maximum absolute atomic E-state index is 3.22. The van der Waals surface area contributed by atoms with Crippen molar-refractivity contribution in [3.63, 3.8) is 0 Å². The Hall–Kier alpha value is 1.06. The van der Waals surface area contributed by atoms with Crippen LogP contribution in [0.5, 0.6) is 0 Å². The predicted molar refractivity (Wildman–Crippen MR) is 22.1 cm³/mol. The molecule has 0 aromatic rings. The Morgan fingerprint density at radius 2 is 1.25 bits per heavy atom. The molecular formula is C4H9Cl2CuN. The van der Waals surface area contributed by atoms with Gasteiger partial charge >= 0.3 is 17.1 Å². The first kappa shape index (κ1) is 16.0. The molecule has 1 fully saturated rings. The zero-order valence-electron chi connectivity index (χ0n) is 4.39. The summed E-state index contributed by atoms with van der Waals surface area (Å²) in [6.07, 6.45) is 2.78. The Morgan fingerprint density at radius 3 is 1.38 bits per heavy atom. The summed E-state index contributed by atoms with van der Waals surface area (Å²) in [6.45, 7) is 2.50. The zero-order valence-corrected chi connectivity index (χ0v) is 6.84. The van der Waals surface area contributed by atoms with Crippen LogP contribution in [0.15, 0.2) is 0 Å². The van der Waals surface area contributed by atoms with Gasteiger partial charge in [0.15, 0.2) is 0 Å². The topological polar surface area (TPSA) is 12.0 Å². The van der Waals surface area contributed by atoms with Crippen molar-refractivity contribution >= 4 is 0 Å². The van der Waals surface area contributed by atoms with Crippen LogP contribution in [-0.4, -0.2) is 13.1 Å². The molecule has 4 heteroatoms. The normalized spacial score (nSPS) is 15.0.